The van der Waals surface area contributed by atoms with Crippen LogP contribution >= 0.6 is 22.9 Å². The van der Waals surface area contributed by atoms with Gasteiger partial charge in [-0.05, 0) is 23.3 Å². The van der Waals surface area contributed by atoms with Gasteiger partial charge in [-0.2, -0.15) is 5.10 Å². The van der Waals surface area contributed by atoms with Crippen molar-refractivity contribution in [1.29, 1.82) is 0 Å². The quantitative estimate of drug-likeness (QED) is 0.594. The molecule has 0 radical (unpaired) electrons. The highest BCUT2D eigenvalue weighted by Crippen LogP contribution is 2.26. The molecule has 0 saturated heterocycles. The number of fused-ring (bicyclic) bond motifs is 1. The van der Waals surface area contributed by atoms with Crippen molar-refractivity contribution < 1.29 is 9.18 Å². The molecule has 120 valence electrons. The van der Waals surface area contributed by atoms with Crippen molar-refractivity contribution in [2.45, 2.75) is 13.1 Å². The Morgan fingerprint density at radius 1 is 1.21 bits per heavy atom. The van der Waals surface area contributed by atoms with E-state index < -0.39 is 0 Å². The maximum atomic E-state index is 14.5. The van der Waals surface area contributed by atoms with Crippen LogP contribution in [0.4, 0.5) is 4.39 Å². The third kappa shape index (κ3) is 2.68. The van der Waals surface area contributed by atoms with Crippen molar-refractivity contribution in [2.24, 2.45) is 0 Å². The molecule has 0 aliphatic carbocycles. The molecule has 4 rings (SSSR count). The number of aromatic nitrogens is 3. The number of benzene rings is 1. The highest BCUT2D eigenvalue weighted by Gasteiger charge is 2.27. The summed E-state index contributed by atoms with van der Waals surface area (Å²) in [4.78, 5) is 18.0. The first-order valence-electron chi connectivity index (χ1n) is 7.33. The largest absolute Gasteiger partial charge is 0.330 e. The van der Waals surface area contributed by atoms with E-state index in [1.54, 1.807) is 32.5 Å². The van der Waals surface area contributed by atoms with Crippen molar-refractivity contribution in [3.8, 4) is 11.1 Å². The van der Waals surface area contributed by atoms with E-state index >= 15 is 0 Å². The molecule has 1 amide bonds. The predicted molar refractivity (Wildman–Crippen MR) is 94.9 cm³/mol. The molecule has 0 unspecified atom stereocenters. The highest BCUT2D eigenvalue weighted by atomic mass is 127. The van der Waals surface area contributed by atoms with Crippen molar-refractivity contribution in [1.82, 2.24) is 17.9 Å². The van der Waals surface area contributed by atoms with Crippen LogP contribution in [0.1, 0.15) is 21.5 Å². The molecule has 0 spiro atoms. The number of pyridine rings is 1. The number of hydrogen-bond acceptors (Lipinski definition) is 3. The topological polar surface area (TPSA) is 51.0 Å². The zero-order valence-electron chi connectivity index (χ0n) is 12.5. The normalized spacial score (nSPS) is 13.4. The summed E-state index contributed by atoms with van der Waals surface area (Å²) in [5.74, 6) is -0.427. The van der Waals surface area contributed by atoms with Gasteiger partial charge in [0.1, 0.15) is 5.82 Å². The van der Waals surface area contributed by atoms with E-state index in [1.165, 1.54) is 6.07 Å². The Bertz CT molecular complexity index is 940. The summed E-state index contributed by atoms with van der Waals surface area (Å²) in [5.41, 5.74) is 3.64. The fourth-order valence-electron chi connectivity index (χ4n) is 2.84. The molecule has 1 aromatic carbocycles. The summed E-state index contributed by atoms with van der Waals surface area (Å²) in [7, 11) is 0. The van der Waals surface area contributed by atoms with E-state index in [0.29, 0.717) is 17.7 Å². The van der Waals surface area contributed by atoms with Crippen molar-refractivity contribution >= 4 is 28.8 Å². The Morgan fingerprint density at radius 3 is 2.79 bits per heavy atom. The Balaban J connectivity index is 1.57. The number of nitrogens with zero attached hydrogens (tertiary/aromatic N) is 4. The predicted octanol–water partition coefficient (Wildman–Crippen LogP) is 3.44. The molecule has 3 aromatic rings. The van der Waals surface area contributed by atoms with E-state index in [1.807, 2.05) is 41.2 Å². The summed E-state index contributed by atoms with van der Waals surface area (Å²) < 4.78 is 16.1. The lowest BCUT2D eigenvalue weighted by Crippen LogP contribution is -2.23. The van der Waals surface area contributed by atoms with Crippen LogP contribution in [-0.2, 0) is 13.1 Å². The second-order valence-electron chi connectivity index (χ2n) is 5.62. The van der Waals surface area contributed by atoms with Gasteiger partial charge in [-0.3, -0.25) is 9.78 Å². The smallest absolute Gasteiger partial charge is 0.256 e. The van der Waals surface area contributed by atoms with E-state index in [2.05, 4.69) is 10.1 Å². The molecule has 5 nitrogen and oxygen atoms in total. The highest BCUT2D eigenvalue weighted by molar-refractivity contribution is 14.1. The van der Waals surface area contributed by atoms with Gasteiger partial charge in [-0.1, -0.05) is 12.1 Å². The molecule has 0 N–H and O–H groups in total. The number of carbonyl (C=O) groups is 1. The van der Waals surface area contributed by atoms with Gasteiger partial charge in [-0.25, -0.2) is 7.29 Å². The van der Waals surface area contributed by atoms with Crippen LogP contribution in [0, 0.1) is 5.82 Å². The number of rotatable bonds is 3. The molecular weight excluding hydrogens is 422 g/mol. The molecule has 0 bridgehead atoms. The second kappa shape index (κ2) is 5.97. The van der Waals surface area contributed by atoms with Gasteiger partial charge in [0.2, 0.25) is 0 Å². The zero-order chi connectivity index (χ0) is 16.7. The van der Waals surface area contributed by atoms with Crippen LogP contribution in [0.5, 0.6) is 0 Å². The van der Waals surface area contributed by atoms with E-state index in [9.17, 15) is 9.18 Å². The van der Waals surface area contributed by atoms with Crippen molar-refractivity contribution in [3.63, 3.8) is 0 Å². The van der Waals surface area contributed by atoms with E-state index in [-0.39, 0.29) is 18.3 Å². The molecule has 0 saturated carbocycles. The molecule has 24 heavy (non-hydrogen) atoms. The minimum absolute atomic E-state index is 0.104. The third-order valence-electron chi connectivity index (χ3n) is 4.09. The molecule has 1 aliphatic rings. The Morgan fingerprint density at radius 2 is 2.08 bits per heavy atom. The molecule has 7 heteroatoms. The van der Waals surface area contributed by atoms with Crippen LogP contribution in [0.25, 0.3) is 11.1 Å². The lowest BCUT2D eigenvalue weighted by molar-refractivity contribution is 0.0765. The molecule has 0 atom stereocenters. The zero-order valence-corrected chi connectivity index (χ0v) is 14.6. The van der Waals surface area contributed by atoms with Gasteiger partial charge in [0.25, 0.3) is 5.91 Å². The first kappa shape index (κ1) is 15.3. The van der Waals surface area contributed by atoms with Gasteiger partial charge in [0.05, 0.1) is 34.6 Å². The monoisotopic (exact) mass is 434 g/mol. The summed E-state index contributed by atoms with van der Waals surface area (Å²) >= 11 is 2.04. The van der Waals surface area contributed by atoms with Crippen LogP contribution in [-0.4, -0.2) is 23.8 Å². The summed E-state index contributed by atoms with van der Waals surface area (Å²) in [5, 5.41) is 4.08. The van der Waals surface area contributed by atoms with E-state index in [0.717, 1.165) is 16.7 Å². The minimum Gasteiger partial charge on any atom is -0.330 e. The van der Waals surface area contributed by atoms with Crippen LogP contribution in [0.3, 0.4) is 0 Å². The van der Waals surface area contributed by atoms with Gasteiger partial charge in [-0.15, -0.1) is 0 Å². The fraction of sp³-hybridized carbons (Fsp3) is 0.118. The standard InChI is InChI=1S/C17H12FIN4O/c18-16-5-11(14-6-21-23(19)10-14)1-2-13(16)9-22-8-12-3-4-20-7-15(12)17(22)24/h1-7,10H,8-9H2. The molecule has 2 aromatic heterocycles. The molecule has 0 fully saturated rings. The van der Waals surface area contributed by atoms with Crippen LogP contribution in [0.15, 0.2) is 49.1 Å². The van der Waals surface area contributed by atoms with E-state index in [4.69, 9.17) is 0 Å². The third-order valence-corrected chi connectivity index (χ3v) is 4.62. The Hall–Kier alpha value is -2.29. The number of hydrogen-bond donors (Lipinski definition) is 0. The number of amides is 1. The van der Waals surface area contributed by atoms with Crippen LogP contribution < -0.4 is 0 Å². The van der Waals surface area contributed by atoms with Crippen molar-refractivity contribution in [2.75, 3.05) is 0 Å². The lowest BCUT2D eigenvalue weighted by Gasteiger charge is -2.16. The Kier molecular flexibility index (Phi) is 3.79. The first-order chi connectivity index (χ1) is 11.6. The average molecular weight is 434 g/mol. The summed E-state index contributed by atoms with van der Waals surface area (Å²) in [6.45, 7) is 0.727. The summed E-state index contributed by atoms with van der Waals surface area (Å²) in [6.07, 6.45) is 6.74. The SMILES string of the molecule is O=C1c2cnccc2CN1Cc1ccc(-c2cnn(I)c2)cc1F. The maximum Gasteiger partial charge on any atom is 0.256 e. The lowest BCUT2D eigenvalue weighted by atomic mass is 10.1. The first-order valence-corrected chi connectivity index (χ1v) is 8.30. The number of halogens is 2. The van der Waals surface area contributed by atoms with Gasteiger partial charge in [0, 0.05) is 42.8 Å². The summed E-state index contributed by atoms with van der Waals surface area (Å²) in [6, 6.07) is 6.89. The average Bonchev–Trinajstić information content (AvgIpc) is 3.14. The maximum absolute atomic E-state index is 14.5. The van der Waals surface area contributed by atoms with Crippen molar-refractivity contribution in [3.05, 3.63) is 71.6 Å². The van der Waals surface area contributed by atoms with Gasteiger partial charge >= 0.3 is 0 Å². The molecule has 3 heterocycles. The molecule has 1 aliphatic heterocycles. The van der Waals surface area contributed by atoms with Crippen LogP contribution in [0.2, 0.25) is 0 Å². The fourth-order valence-corrected chi connectivity index (χ4v) is 3.26. The second-order valence-corrected chi connectivity index (χ2v) is 6.61. The number of carbonyl (C=O) groups excluding carboxylic acids is 1. The van der Waals surface area contributed by atoms with Gasteiger partial charge < -0.3 is 4.90 Å². The minimum atomic E-state index is -0.324. The Labute approximate surface area is 151 Å². The molecular formula is C17H12FIN4O. The van der Waals surface area contributed by atoms with Gasteiger partial charge in [0.15, 0.2) is 0 Å².